The largest absolute Gasteiger partial charge is 0.352 e. The molecule has 1 fully saturated rings. The van der Waals surface area contributed by atoms with E-state index >= 15 is 0 Å². The van der Waals surface area contributed by atoms with Crippen LogP contribution in [0.4, 0.5) is 11.4 Å². The number of rotatable bonds is 6. The van der Waals surface area contributed by atoms with E-state index in [1.807, 2.05) is 13.8 Å². The molecule has 0 unspecified atom stereocenters. The van der Waals surface area contributed by atoms with Crippen LogP contribution in [0.2, 0.25) is 5.02 Å². The minimum atomic E-state index is -0.523. The van der Waals surface area contributed by atoms with E-state index in [0.717, 1.165) is 0 Å². The van der Waals surface area contributed by atoms with Crippen LogP contribution in [0.25, 0.3) is 0 Å². The summed E-state index contributed by atoms with van der Waals surface area (Å²) in [6, 6.07) is 13.9. The molecule has 1 atom stereocenters. The zero-order valence-electron chi connectivity index (χ0n) is 16.4. The van der Waals surface area contributed by atoms with E-state index in [2.05, 4.69) is 10.6 Å². The SMILES string of the molecule is CC(C)CNC(=O)c1ccccc1NC(=O)[C@@H]1CC(=O)N(c2ccccc2Cl)C1. The summed E-state index contributed by atoms with van der Waals surface area (Å²) in [5.74, 6) is -0.889. The lowest BCUT2D eigenvalue weighted by Crippen LogP contribution is -2.30. The molecule has 3 rings (SSSR count). The molecular formula is C22H24ClN3O3. The number of para-hydroxylation sites is 2. The summed E-state index contributed by atoms with van der Waals surface area (Å²) in [6.45, 7) is 4.81. The molecule has 0 radical (unpaired) electrons. The quantitative estimate of drug-likeness (QED) is 0.757. The van der Waals surface area contributed by atoms with E-state index in [1.165, 1.54) is 4.90 Å². The molecule has 3 amide bonds. The van der Waals surface area contributed by atoms with E-state index in [4.69, 9.17) is 11.6 Å². The van der Waals surface area contributed by atoms with Gasteiger partial charge in [-0.25, -0.2) is 0 Å². The number of hydrogen-bond donors (Lipinski definition) is 2. The summed E-state index contributed by atoms with van der Waals surface area (Å²) >= 11 is 6.20. The lowest BCUT2D eigenvalue weighted by Gasteiger charge is -2.18. The van der Waals surface area contributed by atoms with Crippen LogP contribution < -0.4 is 15.5 Å². The highest BCUT2D eigenvalue weighted by Crippen LogP contribution is 2.31. The second-order valence-corrected chi connectivity index (χ2v) is 7.90. The standard InChI is InChI=1S/C22H24ClN3O3/c1-14(2)12-24-22(29)16-7-3-5-9-18(16)25-21(28)15-11-20(27)26(13-15)19-10-6-4-8-17(19)23/h3-10,14-15H,11-13H2,1-2H3,(H,24,29)(H,25,28)/t15-/m1/s1. The molecule has 152 valence electrons. The number of benzene rings is 2. The van der Waals surface area contributed by atoms with Crippen molar-refractivity contribution in [2.24, 2.45) is 11.8 Å². The smallest absolute Gasteiger partial charge is 0.253 e. The molecule has 6 nitrogen and oxygen atoms in total. The van der Waals surface area contributed by atoms with Crippen LogP contribution in [-0.2, 0) is 9.59 Å². The maximum absolute atomic E-state index is 12.8. The van der Waals surface area contributed by atoms with Gasteiger partial charge in [0.2, 0.25) is 11.8 Å². The third-order valence-electron chi connectivity index (χ3n) is 4.74. The van der Waals surface area contributed by atoms with Crippen molar-refractivity contribution in [3.05, 3.63) is 59.1 Å². The molecule has 1 saturated heterocycles. The number of amides is 3. The van der Waals surface area contributed by atoms with Gasteiger partial charge in [0, 0.05) is 19.5 Å². The molecule has 0 spiro atoms. The number of carbonyl (C=O) groups is 3. The van der Waals surface area contributed by atoms with Crippen molar-refractivity contribution < 1.29 is 14.4 Å². The lowest BCUT2D eigenvalue weighted by molar-refractivity contribution is -0.122. The third kappa shape index (κ3) is 4.95. The lowest BCUT2D eigenvalue weighted by atomic mass is 10.1. The Morgan fingerprint density at radius 3 is 2.55 bits per heavy atom. The van der Waals surface area contributed by atoms with Crippen molar-refractivity contribution in [3.8, 4) is 0 Å². The molecule has 0 aromatic heterocycles. The topological polar surface area (TPSA) is 78.5 Å². The Labute approximate surface area is 175 Å². The Hall–Kier alpha value is -2.86. The van der Waals surface area contributed by atoms with Crippen LogP contribution in [0.5, 0.6) is 0 Å². The van der Waals surface area contributed by atoms with Gasteiger partial charge in [-0.1, -0.05) is 49.7 Å². The van der Waals surface area contributed by atoms with E-state index < -0.39 is 5.92 Å². The first-order chi connectivity index (χ1) is 13.9. The Bertz CT molecular complexity index is 929. The molecule has 1 heterocycles. The van der Waals surface area contributed by atoms with Crippen LogP contribution >= 0.6 is 11.6 Å². The van der Waals surface area contributed by atoms with Crippen molar-refractivity contribution in [2.75, 3.05) is 23.3 Å². The fourth-order valence-electron chi connectivity index (χ4n) is 3.20. The summed E-state index contributed by atoms with van der Waals surface area (Å²) in [5.41, 5.74) is 1.43. The van der Waals surface area contributed by atoms with E-state index in [0.29, 0.717) is 34.4 Å². The highest BCUT2D eigenvalue weighted by molar-refractivity contribution is 6.34. The van der Waals surface area contributed by atoms with Crippen molar-refractivity contribution >= 4 is 40.7 Å². The van der Waals surface area contributed by atoms with Crippen LogP contribution in [0, 0.1) is 11.8 Å². The van der Waals surface area contributed by atoms with E-state index in [9.17, 15) is 14.4 Å². The predicted octanol–water partition coefficient (Wildman–Crippen LogP) is 3.72. The van der Waals surface area contributed by atoms with Crippen LogP contribution in [0.15, 0.2) is 48.5 Å². The molecule has 1 aliphatic rings. The molecule has 0 aliphatic carbocycles. The highest BCUT2D eigenvalue weighted by Gasteiger charge is 2.36. The number of hydrogen-bond acceptors (Lipinski definition) is 3. The van der Waals surface area contributed by atoms with Crippen molar-refractivity contribution in [2.45, 2.75) is 20.3 Å². The maximum Gasteiger partial charge on any atom is 0.253 e. The number of carbonyl (C=O) groups excluding carboxylic acids is 3. The Balaban J connectivity index is 1.71. The van der Waals surface area contributed by atoms with Gasteiger partial charge in [0.25, 0.3) is 5.91 Å². The predicted molar refractivity (Wildman–Crippen MR) is 114 cm³/mol. The van der Waals surface area contributed by atoms with Crippen molar-refractivity contribution in [3.63, 3.8) is 0 Å². The maximum atomic E-state index is 12.8. The second kappa shape index (κ2) is 9.09. The summed E-state index contributed by atoms with van der Waals surface area (Å²) in [7, 11) is 0. The zero-order chi connectivity index (χ0) is 21.0. The fourth-order valence-corrected chi connectivity index (χ4v) is 3.44. The molecule has 2 aromatic carbocycles. The Morgan fingerprint density at radius 1 is 1.14 bits per heavy atom. The highest BCUT2D eigenvalue weighted by atomic mass is 35.5. The van der Waals surface area contributed by atoms with Gasteiger partial charge in [0.15, 0.2) is 0 Å². The molecule has 2 N–H and O–H groups in total. The molecule has 1 aliphatic heterocycles. The molecule has 2 aromatic rings. The molecule has 0 saturated carbocycles. The number of halogens is 1. The minimum absolute atomic E-state index is 0.0960. The number of anilines is 2. The van der Waals surface area contributed by atoms with E-state index in [1.54, 1.807) is 48.5 Å². The average molecular weight is 414 g/mol. The summed E-state index contributed by atoms with van der Waals surface area (Å²) < 4.78 is 0. The van der Waals surface area contributed by atoms with Gasteiger partial charge in [-0.05, 0) is 30.2 Å². The first-order valence-electron chi connectivity index (χ1n) is 9.59. The molecule has 7 heteroatoms. The fraction of sp³-hybridized carbons (Fsp3) is 0.318. The van der Waals surface area contributed by atoms with Crippen molar-refractivity contribution in [1.82, 2.24) is 5.32 Å². The Morgan fingerprint density at radius 2 is 1.83 bits per heavy atom. The second-order valence-electron chi connectivity index (χ2n) is 7.50. The van der Waals surface area contributed by atoms with Gasteiger partial charge in [0.05, 0.1) is 27.9 Å². The first-order valence-corrected chi connectivity index (χ1v) is 9.97. The van der Waals surface area contributed by atoms with Gasteiger partial charge in [0.1, 0.15) is 0 Å². The van der Waals surface area contributed by atoms with Gasteiger partial charge in [-0.2, -0.15) is 0 Å². The van der Waals surface area contributed by atoms with Gasteiger partial charge in [-0.3, -0.25) is 14.4 Å². The van der Waals surface area contributed by atoms with Gasteiger partial charge >= 0.3 is 0 Å². The van der Waals surface area contributed by atoms with Crippen LogP contribution in [0.1, 0.15) is 30.6 Å². The van der Waals surface area contributed by atoms with Crippen molar-refractivity contribution in [1.29, 1.82) is 0 Å². The Kier molecular flexibility index (Phi) is 6.54. The number of nitrogens with zero attached hydrogens (tertiary/aromatic N) is 1. The van der Waals surface area contributed by atoms with Gasteiger partial charge < -0.3 is 15.5 Å². The molecule has 29 heavy (non-hydrogen) atoms. The van der Waals surface area contributed by atoms with Gasteiger partial charge in [-0.15, -0.1) is 0 Å². The normalized spacial score (nSPS) is 16.2. The van der Waals surface area contributed by atoms with Crippen LogP contribution in [-0.4, -0.2) is 30.8 Å². The van der Waals surface area contributed by atoms with Crippen LogP contribution in [0.3, 0.4) is 0 Å². The molecule has 0 bridgehead atoms. The summed E-state index contributed by atoms with van der Waals surface area (Å²) in [6.07, 6.45) is 0.0960. The summed E-state index contributed by atoms with van der Waals surface area (Å²) in [4.78, 5) is 39.2. The molecular weight excluding hydrogens is 390 g/mol. The zero-order valence-corrected chi connectivity index (χ0v) is 17.2. The third-order valence-corrected chi connectivity index (χ3v) is 5.06. The monoisotopic (exact) mass is 413 g/mol. The minimum Gasteiger partial charge on any atom is -0.352 e. The van der Waals surface area contributed by atoms with E-state index in [-0.39, 0.29) is 30.7 Å². The summed E-state index contributed by atoms with van der Waals surface area (Å²) in [5, 5.41) is 6.14. The number of nitrogens with one attached hydrogen (secondary N) is 2. The first kappa shape index (κ1) is 20.9. The average Bonchev–Trinajstić information content (AvgIpc) is 3.08.